The van der Waals surface area contributed by atoms with Gasteiger partial charge in [0.15, 0.2) is 0 Å². The Hall–Kier alpha value is -2.03. The Morgan fingerprint density at radius 1 is 1.07 bits per heavy atom. The van der Waals surface area contributed by atoms with Gasteiger partial charge in [-0.3, -0.25) is 4.79 Å². The number of nitrogen functional groups attached to an aromatic ring is 1. The van der Waals surface area contributed by atoms with Crippen molar-refractivity contribution >= 4 is 22.9 Å². The fourth-order valence-corrected chi connectivity index (χ4v) is 1.25. The molecule has 0 saturated heterocycles. The second kappa shape index (κ2) is 4.87. The molecule has 0 saturated carbocycles. The standard InChI is InChI=1S/C10H9N.CH2O2/c11-10-7-3-5-8-4-1-2-6-9(8)10;2-1-3/h1-7H,11H2;1H,(H,2,3). The fraction of sp³-hybridized carbons (Fsp3) is 0. The van der Waals surface area contributed by atoms with Crippen LogP contribution < -0.4 is 5.73 Å². The number of rotatable bonds is 0. The smallest absolute Gasteiger partial charge is 0.290 e. The summed E-state index contributed by atoms with van der Waals surface area (Å²) >= 11 is 0. The highest BCUT2D eigenvalue weighted by molar-refractivity contribution is 5.92. The quantitative estimate of drug-likeness (QED) is 0.493. The molecule has 2 rings (SSSR count). The fourth-order valence-electron chi connectivity index (χ4n) is 1.25. The van der Waals surface area contributed by atoms with Gasteiger partial charge in [0.25, 0.3) is 6.47 Å². The Balaban J connectivity index is 0.000000293. The van der Waals surface area contributed by atoms with Gasteiger partial charge in [-0.05, 0) is 11.5 Å². The predicted octanol–water partition coefficient (Wildman–Crippen LogP) is 2.12. The van der Waals surface area contributed by atoms with E-state index >= 15 is 0 Å². The van der Waals surface area contributed by atoms with Crippen LogP contribution in [0.3, 0.4) is 0 Å². The van der Waals surface area contributed by atoms with Crippen molar-refractivity contribution in [2.24, 2.45) is 0 Å². The van der Waals surface area contributed by atoms with E-state index in [-0.39, 0.29) is 6.47 Å². The third kappa shape index (κ3) is 2.23. The summed E-state index contributed by atoms with van der Waals surface area (Å²) in [6.07, 6.45) is 0. The van der Waals surface area contributed by atoms with Gasteiger partial charge in [0.05, 0.1) is 0 Å². The van der Waals surface area contributed by atoms with Crippen molar-refractivity contribution in [3.8, 4) is 0 Å². The molecule has 0 heterocycles. The van der Waals surface area contributed by atoms with Gasteiger partial charge in [-0.1, -0.05) is 36.4 Å². The molecule has 2 aromatic carbocycles. The van der Waals surface area contributed by atoms with Crippen LogP contribution in [0.15, 0.2) is 42.5 Å². The molecule has 14 heavy (non-hydrogen) atoms. The van der Waals surface area contributed by atoms with Crippen molar-refractivity contribution in [3.63, 3.8) is 0 Å². The summed E-state index contributed by atoms with van der Waals surface area (Å²) < 4.78 is 0. The summed E-state index contributed by atoms with van der Waals surface area (Å²) in [5.41, 5.74) is 6.61. The van der Waals surface area contributed by atoms with Gasteiger partial charge in [-0.15, -0.1) is 0 Å². The molecule has 0 unspecified atom stereocenters. The van der Waals surface area contributed by atoms with E-state index < -0.39 is 0 Å². The van der Waals surface area contributed by atoms with Crippen LogP contribution in [0.4, 0.5) is 5.69 Å². The first kappa shape index (κ1) is 10.1. The first-order valence-corrected chi connectivity index (χ1v) is 4.10. The van der Waals surface area contributed by atoms with Gasteiger partial charge >= 0.3 is 0 Å². The van der Waals surface area contributed by atoms with Crippen LogP contribution in [0, 0.1) is 0 Å². The van der Waals surface area contributed by atoms with Crippen LogP contribution >= 0.6 is 0 Å². The lowest BCUT2D eigenvalue weighted by atomic mass is 10.1. The normalized spacial score (nSPS) is 8.86. The van der Waals surface area contributed by atoms with Crippen LogP contribution in [-0.2, 0) is 4.79 Å². The first-order chi connectivity index (χ1) is 6.79. The van der Waals surface area contributed by atoms with Crippen LogP contribution in [0.2, 0.25) is 0 Å². The molecule has 0 amide bonds. The molecule has 0 atom stereocenters. The first-order valence-electron chi connectivity index (χ1n) is 4.10. The van der Waals surface area contributed by atoms with E-state index in [1.807, 2.05) is 30.3 Å². The molecule has 0 radical (unpaired) electrons. The molecule has 0 aliphatic carbocycles. The molecule has 2 aromatic rings. The monoisotopic (exact) mass is 189 g/mol. The third-order valence-corrected chi connectivity index (χ3v) is 1.82. The minimum Gasteiger partial charge on any atom is -0.483 e. The average molecular weight is 189 g/mol. The van der Waals surface area contributed by atoms with Gasteiger partial charge < -0.3 is 10.8 Å². The maximum absolute atomic E-state index is 8.36. The summed E-state index contributed by atoms with van der Waals surface area (Å²) in [7, 11) is 0. The number of benzene rings is 2. The zero-order valence-corrected chi connectivity index (χ0v) is 7.55. The number of carbonyl (C=O) groups is 1. The summed E-state index contributed by atoms with van der Waals surface area (Å²) in [5.74, 6) is 0. The van der Waals surface area contributed by atoms with Crippen LogP contribution in [0.1, 0.15) is 0 Å². The molecule has 0 fully saturated rings. The van der Waals surface area contributed by atoms with Crippen molar-refractivity contribution in [2.75, 3.05) is 5.73 Å². The summed E-state index contributed by atoms with van der Waals surface area (Å²) in [6, 6.07) is 14.1. The number of anilines is 1. The SMILES string of the molecule is Nc1cccc2ccccc12.O=CO. The maximum Gasteiger partial charge on any atom is 0.290 e. The zero-order valence-electron chi connectivity index (χ0n) is 7.55. The van der Waals surface area contributed by atoms with Gasteiger partial charge in [-0.2, -0.15) is 0 Å². The zero-order chi connectivity index (χ0) is 10.4. The topological polar surface area (TPSA) is 63.3 Å². The van der Waals surface area contributed by atoms with Crippen molar-refractivity contribution in [1.82, 2.24) is 0 Å². The van der Waals surface area contributed by atoms with E-state index in [4.69, 9.17) is 15.6 Å². The number of hydrogen-bond donors (Lipinski definition) is 2. The summed E-state index contributed by atoms with van der Waals surface area (Å²) in [6.45, 7) is -0.250. The molecule has 0 aliphatic rings. The maximum atomic E-state index is 8.36. The minimum atomic E-state index is -0.250. The highest BCUT2D eigenvalue weighted by atomic mass is 16.3. The second-order valence-electron chi connectivity index (χ2n) is 2.67. The Morgan fingerprint density at radius 2 is 1.64 bits per heavy atom. The Kier molecular flexibility index (Phi) is 3.49. The number of hydrogen-bond acceptors (Lipinski definition) is 2. The Bertz CT molecular complexity index is 421. The van der Waals surface area contributed by atoms with E-state index in [0.717, 1.165) is 11.1 Å². The molecule has 72 valence electrons. The lowest BCUT2D eigenvalue weighted by Crippen LogP contribution is -1.84. The molecule has 0 bridgehead atoms. The summed E-state index contributed by atoms with van der Waals surface area (Å²) in [5, 5.41) is 9.22. The van der Waals surface area contributed by atoms with Crippen LogP contribution in [0.5, 0.6) is 0 Å². The molecule has 0 aromatic heterocycles. The van der Waals surface area contributed by atoms with Gasteiger partial charge in [0.1, 0.15) is 0 Å². The molecule has 3 heteroatoms. The second-order valence-corrected chi connectivity index (χ2v) is 2.67. The average Bonchev–Trinajstić information content (AvgIpc) is 2.20. The Morgan fingerprint density at radius 3 is 2.29 bits per heavy atom. The van der Waals surface area contributed by atoms with Crippen molar-refractivity contribution < 1.29 is 9.90 Å². The largest absolute Gasteiger partial charge is 0.483 e. The van der Waals surface area contributed by atoms with E-state index in [9.17, 15) is 0 Å². The van der Waals surface area contributed by atoms with E-state index in [1.165, 1.54) is 5.39 Å². The van der Waals surface area contributed by atoms with Gasteiger partial charge in [-0.25, -0.2) is 0 Å². The highest BCUT2D eigenvalue weighted by Gasteiger charge is 1.92. The number of fused-ring (bicyclic) bond motifs is 1. The predicted molar refractivity (Wildman–Crippen MR) is 57.1 cm³/mol. The van der Waals surface area contributed by atoms with Crippen molar-refractivity contribution in [2.45, 2.75) is 0 Å². The molecular formula is C11H11NO2. The van der Waals surface area contributed by atoms with Gasteiger partial charge in [0.2, 0.25) is 0 Å². The minimum absolute atomic E-state index is 0.250. The Labute approximate surface area is 81.8 Å². The van der Waals surface area contributed by atoms with Crippen LogP contribution in [0.25, 0.3) is 10.8 Å². The molecule has 3 nitrogen and oxygen atoms in total. The van der Waals surface area contributed by atoms with Gasteiger partial charge in [0, 0.05) is 11.1 Å². The van der Waals surface area contributed by atoms with E-state index in [0.29, 0.717) is 0 Å². The lowest BCUT2D eigenvalue weighted by molar-refractivity contribution is -0.122. The molecule has 3 N–H and O–H groups in total. The third-order valence-electron chi connectivity index (χ3n) is 1.82. The number of nitrogens with two attached hydrogens (primary N) is 1. The van der Waals surface area contributed by atoms with Crippen LogP contribution in [-0.4, -0.2) is 11.6 Å². The lowest BCUT2D eigenvalue weighted by Gasteiger charge is -1.98. The highest BCUT2D eigenvalue weighted by Crippen LogP contribution is 2.19. The van der Waals surface area contributed by atoms with Crippen molar-refractivity contribution in [3.05, 3.63) is 42.5 Å². The molecule has 0 aliphatic heterocycles. The molecule has 0 spiro atoms. The van der Waals surface area contributed by atoms with E-state index in [1.54, 1.807) is 0 Å². The van der Waals surface area contributed by atoms with Crippen molar-refractivity contribution in [1.29, 1.82) is 0 Å². The molecular weight excluding hydrogens is 178 g/mol. The number of carboxylic acid groups (broad SMARTS) is 1. The summed E-state index contributed by atoms with van der Waals surface area (Å²) in [4.78, 5) is 8.36. The van der Waals surface area contributed by atoms with E-state index in [2.05, 4.69) is 12.1 Å².